The van der Waals surface area contributed by atoms with Crippen LogP contribution in [0.15, 0.2) is 24.3 Å². The Morgan fingerprint density at radius 1 is 1.26 bits per heavy atom. The fourth-order valence-electron chi connectivity index (χ4n) is 2.79. The Balaban J connectivity index is 1.99. The molecule has 2 rings (SSSR count). The van der Waals surface area contributed by atoms with E-state index in [9.17, 15) is 18.0 Å². The number of nitrogens with one attached hydrogen (secondary N) is 1. The van der Waals surface area contributed by atoms with Crippen LogP contribution in [0.3, 0.4) is 0 Å². The zero-order valence-corrected chi connectivity index (χ0v) is 13.4. The molecule has 1 N–H and O–H groups in total. The van der Waals surface area contributed by atoms with Crippen molar-refractivity contribution in [3.05, 3.63) is 29.8 Å². The van der Waals surface area contributed by atoms with E-state index in [1.54, 1.807) is 17.0 Å². The number of carbonyl (C=O) groups is 1. The normalized spacial score (nSPS) is 16.7. The van der Waals surface area contributed by atoms with E-state index in [2.05, 4.69) is 10.2 Å². The summed E-state index contributed by atoms with van der Waals surface area (Å²) < 4.78 is 37.8. The minimum absolute atomic E-state index is 0.0801. The minimum Gasteiger partial charge on any atom is -0.324 e. The summed E-state index contributed by atoms with van der Waals surface area (Å²) >= 11 is 0. The zero-order chi connectivity index (χ0) is 17.0. The lowest BCUT2D eigenvalue weighted by Gasteiger charge is -2.35. The van der Waals surface area contributed by atoms with Gasteiger partial charge in [0.15, 0.2) is 0 Å². The van der Waals surface area contributed by atoms with E-state index in [-0.39, 0.29) is 17.3 Å². The van der Waals surface area contributed by atoms with Crippen LogP contribution in [0.5, 0.6) is 0 Å². The van der Waals surface area contributed by atoms with Crippen molar-refractivity contribution in [3.63, 3.8) is 0 Å². The summed E-state index contributed by atoms with van der Waals surface area (Å²) in [5, 5.41) is 2.62. The van der Waals surface area contributed by atoms with Crippen molar-refractivity contribution >= 4 is 11.7 Å². The van der Waals surface area contributed by atoms with Gasteiger partial charge >= 0.3 is 12.2 Å². The second kappa shape index (κ2) is 7.21. The lowest BCUT2D eigenvalue weighted by molar-refractivity contribution is -0.127. The fraction of sp³-hybridized carbons (Fsp3) is 0.562. The first-order valence-electron chi connectivity index (χ1n) is 7.63. The van der Waals surface area contributed by atoms with E-state index in [1.807, 2.05) is 14.1 Å². The average molecular weight is 329 g/mol. The molecule has 23 heavy (non-hydrogen) atoms. The molecule has 0 atom stereocenters. The number of nitrogens with zero attached hydrogens (tertiary/aromatic N) is 2. The highest BCUT2D eigenvalue weighted by molar-refractivity contribution is 5.90. The third-order valence-corrected chi connectivity index (χ3v) is 4.13. The van der Waals surface area contributed by atoms with Gasteiger partial charge in [-0.25, -0.2) is 4.79 Å². The van der Waals surface area contributed by atoms with Gasteiger partial charge in [0.2, 0.25) is 0 Å². The topological polar surface area (TPSA) is 35.6 Å². The van der Waals surface area contributed by atoms with Crippen molar-refractivity contribution in [1.29, 1.82) is 0 Å². The number of para-hydroxylation sites is 1. The number of hydrogen-bond donors (Lipinski definition) is 1. The number of hydrogen-bond acceptors (Lipinski definition) is 2. The number of benzene rings is 1. The Morgan fingerprint density at radius 2 is 1.87 bits per heavy atom. The molecule has 1 saturated heterocycles. The third kappa shape index (κ3) is 5.13. The molecule has 1 aromatic carbocycles. The number of carbonyl (C=O) groups excluding carboxylic acids is 1. The van der Waals surface area contributed by atoms with Crippen molar-refractivity contribution in [2.45, 2.75) is 31.5 Å². The number of halogens is 3. The van der Waals surface area contributed by atoms with Gasteiger partial charge in [-0.1, -0.05) is 18.2 Å². The van der Waals surface area contributed by atoms with Crippen LogP contribution in [0.2, 0.25) is 0 Å². The zero-order valence-electron chi connectivity index (χ0n) is 13.4. The smallest absolute Gasteiger partial charge is 0.324 e. The molecule has 1 aliphatic rings. The second-order valence-electron chi connectivity index (χ2n) is 6.06. The Bertz CT molecular complexity index is 538. The predicted octanol–water partition coefficient (Wildman–Crippen LogP) is 3.35. The van der Waals surface area contributed by atoms with Gasteiger partial charge in [0, 0.05) is 24.8 Å². The number of anilines is 1. The van der Waals surface area contributed by atoms with Crippen LogP contribution in [-0.4, -0.2) is 55.2 Å². The van der Waals surface area contributed by atoms with Gasteiger partial charge in [0.1, 0.15) is 0 Å². The lowest BCUT2D eigenvalue weighted by atomic mass is 10.0. The van der Waals surface area contributed by atoms with Crippen LogP contribution in [0.1, 0.15) is 18.4 Å². The highest BCUT2D eigenvalue weighted by Crippen LogP contribution is 2.26. The largest absolute Gasteiger partial charge is 0.393 e. The standard InChI is InChI=1S/C16H22F3N3O/c1-21(2)13-7-9-22(10-8-13)15(23)20-14-6-4-3-5-12(14)11-16(17,18)19/h3-6,13H,7-11H2,1-2H3,(H,20,23). The number of alkyl halides is 3. The van der Waals surface area contributed by atoms with E-state index >= 15 is 0 Å². The van der Waals surface area contributed by atoms with Gasteiger partial charge in [-0.2, -0.15) is 13.2 Å². The van der Waals surface area contributed by atoms with Gasteiger partial charge < -0.3 is 15.1 Å². The molecule has 1 aromatic rings. The van der Waals surface area contributed by atoms with Crippen LogP contribution >= 0.6 is 0 Å². The summed E-state index contributed by atoms with van der Waals surface area (Å²) in [7, 11) is 4.02. The second-order valence-corrected chi connectivity index (χ2v) is 6.06. The van der Waals surface area contributed by atoms with Gasteiger partial charge in [0.05, 0.1) is 6.42 Å². The van der Waals surface area contributed by atoms with E-state index in [0.29, 0.717) is 19.1 Å². The molecule has 7 heteroatoms. The van der Waals surface area contributed by atoms with Gasteiger partial charge in [-0.05, 0) is 38.6 Å². The molecular weight excluding hydrogens is 307 g/mol. The Kier molecular flexibility index (Phi) is 5.51. The maximum atomic E-state index is 12.6. The summed E-state index contributed by atoms with van der Waals surface area (Å²) in [6.45, 7) is 1.21. The summed E-state index contributed by atoms with van der Waals surface area (Å²) in [6.07, 6.45) is -3.62. The highest BCUT2D eigenvalue weighted by atomic mass is 19.4. The molecule has 0 spiro atoms. The van der Waals surface area contributed by atoms with Gasteiger partial charge in [-0.15, -0.1) is 0 Å². The molecular formula is C16H22F3N3O. The molecule has 1 heterocycles. The molecule has 128 valence electrons. The molecule has 1 aliphatic heterocycles. The van der Waals surface area contributed by atoms with Crippen LogP contribution < -0.4 is 5.32 Å². The molecule has 0 radical (unpaired) electrons. The van der Waals surface area contributed by atoms with Crippen LogP contribution in [0.25, 0.3) is 0 Å². The van der Waals surface area contributed by atoms with E-state index in [0.717, 1.165) is 12.8 Å². The minimum atomic E-state index is -4.30. The first-order chi connectivity index (χ1) is 10.8. The lowest BCUT2D eigenvalue weighted by Crippen LogP contribution is -2.46. The summed E-state index contributed by atoms with van der Waals surface area (Å²) in [4.78, 5) is 16.1. The van der Waals surface area contributed by atoms with Crippen molar-refractivity contribution in [2.75, 3.05) is 32.5 Å². The monoisotopic (exact) mass is 329 g/mol. The molecule has 0 saturated carbocycles. The highest BCUT2D eigenvalue weighted by Gasteiger charge is 2.29. The van der Waals surface area contributed by atoms with Crippen LogP contribution in [0.4, 0.5) is 23.7 Å². The third-order valence-electron chi connectivity index (χ3n) is 4.13. The average Bonchev–Trinajstić information content (AvgIpc) is 2.48. The Labute approximate surface area is 134 Å². The summed E-state index contributed by atoms with van der Waals surface area (Å²) in [6, 6.07) is 6.16. The van der Waals surface area contributed by atoms with Crippen molar-refractivity contribution < 1.29 is 18.0 Å². The predicted molar refractivity (Wildman–Crippen MR) is 83.5 cm³/mol. The maximum absolute atomic E-state index is 12.6. The molecule has 0 unspecified atom stereocenters. The number of rotatable bonds is 3. The number of piperidine rings is 1. The number of urea groups is 1. The van der Waals surface area contributed by atoms with E-state index in [4.69, 9.17) is 0 Å². The van der Waals surface area contributed by atoms with Gasteiger partial charge in [0.25, 0.3) is 0 Å². The molecule has 2 amide bonds. The SMILES string of the molecule is CN(C)C1CCN(C(=O)Nc2ccccc2CC(F)(F)F)CC1. The number of likely N-dealkylation sites (tertiary alicyclic amines) is 1. The maximum Gasteiger partial charge on any atom is 0.393 e. The fourth-order valence-corrected chi connectivity index (χ4v) is 2.79. The quantitative estimate of drug-likeness (QED) is 0.923. The van der Waals surface area contributed by atoms with E-state index in [1.165, 1.54) is 12.1 Å². The summed E-state index contributed by atoms with van der Waals surface area (Å²) in [5.74, 6) is 0. The van der Waals surface area contributed by atoms with Crippen molar-refractivity contribution in [1.82, 2.24) is 9.80 Å². The Hall–Kier alpha value is -1.76. The van der Waals surface area contributed by atoms with Crippen LogP contribution in [0, 0.1) is 0 Å². The van der Waals surface area contributed by atoms with Crippen molar-refractivity contribution in [3.8, 4) is 0 Å². The van der Waals surface area contributed by atoms with E-state index < -0.39 is 12.6 Å². The molecule has 4 nitrogen and oxygen atoms in total. The first-order valence-corrected chi connectivity index (χ1v) is 7.63. The molecule has 0 bridgehead atoms. The van der Waals surface area contributed by atoms with Crippen molar-refractivity contribution in [2.24, 2.45) is 0 Å². The first kappa shape index (κ1) is 17.6. The Morgan fingerprint density at radius 3 is 2.43 bits per heavy atom. The van der Waals surface area contributed by atoms with Gasteiger partial charge in [-0.3, -0.25) is 0 Å². The molecule has 0 aromatic heterocycles. The van der Waals surface area contributed by atoms with Crippen LogP contribution in [-0.2, 0) is 6.42 Å². The molecule has 0 aliphatic carbocycles. The summed E-state index contributed by atoms with van der Waals surface area (Å²) in [5.41, 5.74) is 0.307. The number of amides is 2. The molecule has 1 fully saturated rings.